The highest BCUT2D eigenvalue weighted by Gasteiger charge is 2.11. The minimum absolute atomic E-state index is 0.0689. The number of carbonyl (C=O) groups excluding carboxylic acids is 1. The Hall–Kier alpha value is -2.36. The fraction of sp³-hybridized carbons (Fsp3) is 0.333. The van der Waals surface area contributed by atoms with Gasteiger partial charge >= 0.3 is 0 Å². The minimum Gasteiger partial charge on any atom is -0.350 e. The molecule has 0 fully saturated rings. The van der Waals surface area contributed by atoms with E-state index in [1.807, 2.05) is 68.8 Å². The molecule has 4 heteroatoms. The van der Waals surface area contributed by atoms with Crippen LogP contribution < -0.4 is 5.32 Å². The van der Waals surface area contributed by atoms with Crippen molar-refractivity contribution in [3.8, 4) is 5.69 Å². The Bertz CT molecular complexity index is 671. The average Bonchev–Trinajstić information content (AvgIpc) is 2.80. The lowest BCUT2D eigenvalue weighted by Gasteiger charge is -2.08. The van der Waals surface area contributed by atoms with Crippen LogP contribution in [0.25, 0.3) is 11.8 Å². The number of para-hydroxylation sites is 1. The Balaban J connectivity index is 2.23. The number of aryl methyl sites for hydroxylation is 1. The van der Waals surface area contributed by atoms with Gasteiger partial charge in [-0.1, -0.05) is 25.1 Å². The van der Waals surface area contributed by atoms with Gasteiger partial charge in [-0.15, -0.1) is 0 Å². The Kier molecular flexibility index (Phi) is 5.15. The van der Waals surface area contributed by atoms with E-state index in [0.717, 1.165) is 29.1 Å². The summed E-state index contributed by atoms with van der Waals surface area (Å²) in [5.41, 5.74) is 3.94. The normalized spacial score (nSPS) is 12.5. The second-order valence-electron chi connectivity index (χ2n) is 5.48. The first-order valence-corrected chi connectivity index (χ1v) is 7.63. The number of amides is 1. The van der Waals surface area contributed by atoms with Crippen molar-refractivity contribution in [2.75, 3.05) is 0 Å². The van der Waals surface area contributed by atoms with Crippen molar-refractivity contribution in [1.29, 1.82) is 0 Å². The van der Waals surface area contributed by atoms with Gasteiger partial charge in [0.25, 0.3) is 0 Å². The molecule has 1 unspecified atom stereocenters. The zero-order valence-electron chi connectivity index (χ0n) is 13.6. The van der Waals surface area contributed by atoms with Crippen LogP contribution in [0, 0.1) is 13.8 Å². The van der Waals surface area contributed by atoms with Crippen molar-refractivity contribution in [1.82, 2.24) is 15.1 Å². The third kappa shape index (κ3) is 3.64. The van der Waals surface area contributed by atoms with Crippen LogP contribution in [-0.4, -0.2) is 21.7 Å². The number of nitrogens with one attached hydrogen (secondary N) is 1. The molecule has 0 aliphatic rings. The molecule has 1 N–H and O–H groups in total. The van der Waals surface area contributed by atoms with Gasteiger partial charge in [0.05, 0.1) is 11.4 Å². The van der Waals surface area contributed by atoms with Gasteiger partial charge in [0.2, 0.25) is 5.91 Å². The molecule has 0 aliphatic heterocycles. The first-order chi connectivity index (χ1) is 10.5. The van der Waals surface area contributed by atoms with Crippen LogP contribution >= 0.6 is 0 Å². The predicted octanol–water partition coefficient (Wildman–Crippen LogP) is 3.42. The van der Waals surface area contributed by atoms with E-state index in [0.29, 0.717) is 0 Å². The van der Waals surface area contributed by atoms with Gasteiger partial charge in [-0.2, -0.15) is 5.10 Å². The van der Waals surface area contributed by atoms with Crippen LogP contribution in [0.4, 0.5) is 0 Å². The van der Waals surface area contributed by atoms with E-state index in [-0.39, 0.29) is 11.9 Å². The molecule has 1 aromatic carbocycles. The number of benzene rings is 1. The van der Waals surface area contributed by atoms with Crippen molar-refractivity contribution in [3.63, 3.8) is 0 Å². The smallest absolute Gasteiger partial charge is 0.244 e. The van der Waals surface area contributed by atoms with Crippen LogP contribution in [0.5, 0.6) is 0 Å². The number of nitrogens with zero attached hydrogens (tertiary/aromatic N) is 2. The predicted molar refractivity (Wildman–Crippen MR) is 90.0 cm³/mol. The van der Waals surface area contributed by atoms with Crippen molar-refractivity contribution < 1.29 is 4.79 Å². The summed E-state index contributed by atoms with van der Waals surface area (Å²) in [6, 6.07) is 10.2. The topological polar surface area (TPSA) is 46.9 Å². The molecule has 22 heavy (non-hydrogen) atoms. The molecule has 0 spiro atoms. The van der Waals surface area contributed by atoms with Crippen LogP contribution in [0.1, 0.15) is 37.2 Å². The monoisotopic (exact) mass is 297 g/mol. The second-order valence-corrected chi connectivity index (χ2v) is 5.48. The Labute approximate surface area is 131 Å². The Morgan fingerprint density at radius 3 is 2.64 bits per heavy atom. The number of aromatic nitrogens is 2. The SMILES string of the molecule is CCC(C)NC(=O)/C=C/c1c(C)nn(-c2ccccc2)c1C. The van der Waals surface area contributed by atoms with Crippen LogP contribution in [0.15, 0.2) is 36.4 Å². The minimum atomic E-state index is -0.0689. The summed E-state index contributed by atoms with van der Waals surface area (Å²) < 4.78 is 1.90. The molecule has 1 heterocycles. The van der Waals surface area contributed by atoms with Crippen LogP contribution in [0.3, 0.4) is 0 Å². The second kappa shape index (κ2) is 7.07. The molecule has 0 bridgehead atoms. The quantitative estimate of drug-likeness (QED) is 0.860. The maximum absolute atomic E-state index is 11.9. The first-order valence-electron chi connectivity index (χ1n) is 7.63. The summed E-state index contributed by atoms with van der Waals surface area (Å²) in [5, 5.41) is 7.49. The molecule has 0 aliphatic carbocycles. The van der Waals surface area contributed by atoms with Crippen LogP contribution in [-0.2, 0) is 4.79 Å². The molecular formula is C18H23N3O. The summed E-state index contributed by atoms with van der Waals surface area (Å²) in [6.45, 7) is 8.01. The van der Waals surface area contributed by atoms with Gasteiger partial charge in [-0.3, -0.25) is 4.79 Å². The molecule has 1 atom stereocenters. The van der Waals surface area contributed by atoms with Gasteiger partial charge in [0.1, 0.15) is 0 Å². The molecule has 1 amide bonds. The zero-order chi connectivity index (χ0) is 16.1. The molecular weight excluding hydrogens is 274 g/mol. The Morgan fingerprint density at radius 1 is 1.32 bits per heavy atom. The molecule has 2 rings (SSSR count). The summed E-state index contributed by atoms with van der Waals surface area (Å²) in [5.74, 6) is -0.0689. The highest BCUT2D eigenvalue weighted by Crippen LogP contribution is 2.19. The number of hydrogen-bond donors (Lipinski definition) is 1. The lowest BCUT2D eigenvalue weighted by molar-refractivity contribution is -0.117. The summed E-state index contributed by atoms with van der Waals surface area (Å²) in [7, 11) is 0. The fourth-order valence-electron chi connectivity index (χ4n) is 2.27. The van der Waals surface area contributed by atoms with E-state index in [4.69, 9.17) is 0 Å². The molecule has 4 nitrogen and oxygen atoms in total. The molecule has 0 saturated carbocycles. The zero-order valence-corrected chi connectivity index (χ0v) is 13.6. The highest BCUT2D eigenvalue weighted by molar-refractivity contribution is 5.92. The largest absolute Gasteiger partial charge is 0.350 e. The molecule has 2 aromatic rings. The van der Waals surface area contributed by atoms with E-state index < -0.39 is 0 Å². The van der Waals surface area contributed by atoms with Gasteiger partial charge in [-0.25, -0.2) is 4.68 Å². The van der Waals surface area contributed by atoms with Gasteiger partial charge < -0.3 is 5.32 Å². The van der Waals surface area contributed by atoms with Crippen molar-refractivity contribution in [2.24, 2.45) is 0 Å². The van der Waals surface area contributed by atoms with Gasteiger partial charge in [0, 0.05) is 23.4 Å². The van der Waals surface area contributed by atoms with Gasteiger partial charge in [-0.05, 0) is 45.4 Å². The maximum Gasteiger partial charge on any atom is 0.244 e. The number of carbonyl (C=O) groups is 1. The van der Waals surface area contributed by atoms with E-state index in [1.165, 1.54) is 0 Å². The highest BCUT2D eigenvalue weighted by atomic mass is 16.1. The third-order valence-corrected chi connectivity index (χ3v) is 3.75. The number of hydrogen-bond acceptors (Lipinski definition) is 2. The Morgan fingerprint density at radius 2 is 2.00 bits per heavy atom. The standard InChI is InChI=1S/C18H23N3O/c1-5-13(2)19-18(22)12-11-17-14(3)20-21(15(17)4)16-9-7-6-8-10-16/h6-13H,5H2,1-4H3,(H,19,22)/b12-11+. The van der Waals surface area contributed by atoms with Crippen molar-refractivity contribution in [3.05, 3.63) is 53.4 Å². The van der Waals surface area contributed by atoms with E-state index in [1.54, 1.807) is 6.08 Å². The van der Waals surface area contributed by atoms with Crippen LogP contribution in [0.2, 0.25) is 0 Å². The van der Waals surface area contributed by atoms with Gasteiger partial charge in [0.15, 0.2) is 0 Å². The molecule has 1 aromatic heterocycles. The van der Waals surface area contributed by atoms with E-state index in [2.05, 4.69) is 10.4 Å². The molecule has 116 valence electrons. The van der Waals surface area contributed by atoms with Crippen molar-refractivity contribution in [2.45, 2.75) is 40.2 Å². The summed E-state index contributed by atoms with van der Waals surface area (Å²) in [4.78, 5) is 11.9. The number of rotatable bonds is 5. The summed E-state index contributed by atoms with van der Waals surface area (Å²) in [6.07, 6.45) is 4.34. The lowest BCUT2D eigenvalue weighted by Crippen LogP contribution is -2.30. The average molecular weight is 297 g/mol. The lowest BCUT2D eigenvalue weighted by atomic mass is 10.1. The summed E-state index contributed by atoms with van der Waals surface area (Å²) >= 11 is 0. The maximum atomic E-state index is 11.9. The molecule has 0 saturated heterocycles. The first kappa shape index (κ1) is 16.0. The third-order valence-electron chi connectivity index (χ3n) is 3.75. The van der Waals surface area contributed by atoms with E-state index in [9.17, 15) is 4.79 Å². The van der Waals surface area contributed by atoms with E-state index >= 15 is 0 Å². The molecule has 0 radical (unpaired) electrons. The fourth-order valence-corrected chi connectivity index (χ4v) is 2.27. The van der Waals surface area contributed by atoms with Crippen molar-refractivity contribution >= 4 is 12.0 Å².